The maximum absolute atomic E-state index is 6.74. The van der Waals surface area contributed by atoms with Crippen LogP contribution in [0.1, 0.15) is 0 Å². The van der Waals surface area contributed by atoms with Gasteiger partial charge in [-0.25, -0.2) is 19.9 Å². The molecule has 12 rings (SSSR count). The zero-order valence-corrected chi connectivity index (χ0v) is 31.7. The van der Waals surface area contributed by atoms with Crippen LogP contribution < -0.4 is 0 Å². The topological polar surface area (TPSA) is 64.7 Å². The van der Waals surface area contributed by atoms with E-state index in [9.17, 15) is 0 Å². The van der Waals surface area contributed by atoms with E-state index in [4.69, 9.17) is 24.4 Å². The SMILES string of the molecule is c1ccc(-c2nc(-c3ccccc3)nc(-c3ccc(-c4cccc5c4nc(-c4ccc6c7ccccc7c7ccccc7c6c4)c4c6ccccc6oc54)cc3)n2)cc1. The molecule has 0 aliphatic carbocycles. The van der Waals surface area contributed by atoms with Gasteiger partial charge in [-0.1, -0.05) is 176 Å². The van der Waals surface area contributed by atoms with Crippen LogP contribution in [0.2, 0.25) is 0 Å². The molecule has 0 aliphatic heterocycles. The van der Waals surface area contributed by atoms with Crippen LogP contribution in [-0.2, 0) is 0 Å². The van der Waals surface area contributed by atoms with Crippen LogP contribution in [0.3, 0.4) is 0 Å². The normalized spacial score (nSPS) is 11.7. The number of benzene rings is 9. The lowest BCUT2D eigenvalue weighted by molar-refractivity contribution is 0.672. The second-order valence-corrected chi connectivity index (χ2v) is 14.9. The molecule has 0 saturated heterocycles. The number of fused-ring (bicyclic) bond motifs is 11. The van der Waals surface area contributed by atoms with E-state index >= 15 is 0 Å². The molecule has 0 bridgehead atoms. The van der Waals surface area contributed by atoms with E-state index in [1.165, 1.54) is 32.3 Å². The summed E-state index contributed by atoms with van der Waals surface area (Å²) < 4.78 is 6.74. The van der Waals surface area contributed by atoms with Crippen LogP contribution in [0, 0.1) is 0 Å². The predicted octanol–water partition coefficient (Wildman–Crippen LogP) is 14.1. The molecule has 3 heterocycles. The standard InChI is InChI=1S/C54H32N4O/c1-3-14-34(15-4-1)52-56-53(35-16-5-2-6-17-35)58-54(57-52)36-28-26-33(27-29-36)38-23-13-24-45-50(38)55-49(48-44-22-11-12-25-47(44)59-51(45)48)37-30-31-43-41-20-8-7-18-39(41)40-19-9-10-21-42(40)46(43)32-37/h1-32H. The van der Waals surface area contributed by atoms with Crippen molar-refractivity contribution in [1.82, 2.24) is 19.9 Å². The van der Waals surface area contributed by atoms with Crippen LogP contribution in [0.15, 0.2) is 199 Å². The Labute approximate surface area is 338 Å². The highest BCUT2D eigenvalue weighted by atomic mass is 16.3. The Morgan fingerprint density at radius 1 is 0.305 bits per heavy atom. The maximum Gasteiger partial charge on any atom is 0.164 e. The third-order valence-corrected chi connectivity index (χ3v) is 11.5. The molecule has 0 radical (unpaired) electrons. The van der Waals surface area contributed by atoms with E-state index < -0.39 is 0 Å². The second kappa shape index (κ2) is 13.3. The number of nitrogens with zero attached hydrogens (tertiary/aromatic N) is 4. The Morgan fingerprint density at radius 3 is 1.37 bits per heavy atom. The third-order valence-electron chi connectivity index (χ3n) is 11.5. The highest BCUT2D eigenvalue weighted by molar-refractivity contribution is 6.27. The van der Waals surface area contributed by atoms with Crippen LogP contribution in [0.5, 0.6) is 0 Å². The molecule has 0 amide bonds. The number of furan rings is 1. The Balaban J connectivity index is 1.05. The van der Waals surface area contributed by atoms with E-state index in [0.717, 1.165) is 71.9 Å². The van der Waals surface area contributed by atoms with E-state index in [1.54, 1.807) is 0 Å². The monoisotopic (exact) mass is 752 g/mol. The third kappa shape index (κ3) is 5.40. The van der Waals surface area contributed by atoms with Crippen LogP contribution in [0.4, 0.5) is 0 Å². The Kier molecular flexibility index (Phi) is 7.47. The van der Waals surface area contributed by atoms with E-state index in [-0.39, 0.29) is 0 Å². The van der Waals surface area contributed by atoms with Crippen molar-refractivity contribution in [3.8, 4) is 56.5 Å². The summed E-state index contributed by atoms with van der Waals surface area (Å²) in [6.07, 6.45) is 0. The lowest BCUT2D eigenvalue weighted by Crippen LogP contribution is -2.00. The fourth-order valence-electron chi connectivity index (χ4n) is 8.72. The van der Waals surface area contributed by atoms with Gasteiger partial charge in [0.2, 0.25) is 0 Å². The molecule has 274 valence electrons. The number of aromatic nitrogens is 4. The van der Waals surface area contributed by atoms with Crippen molar-refractivity contribution in [3.05, 3.63) is 194 Å². The zero-order valence-electron chi connectivity index (χ0n) is 31.7. The Morgan fingerprint density at radius 2 is 0.763 bits per heavy atom. The Bertz CT molecular complexity index is 3500. The lowest BCUT2D eigenvalue weighted by atomic mass is 9.92. The average Bonchev–Trinajstić information content (AvgIpc) is 3.72. The smallest absolute Gasteiger partial charge is 0.164 e. The van der Waals surface area contributed by atoms with Crippen molar-refractivity contribution in [2.45, 2.75) is 0 Å². The summed E-state index contributed by atoms with van der Waals surface area (Å²) in [5.74, 6) is 1.88. The van der Waals surface area contributed by atoms with Gasteiger partial charge < -0.3 is 4.42 Å². The molecular formula is C54H32N4O. The molecule has 0 unspecified atom stereocenters. The zero-order chi connectivity index (χ0) is 38.9. The second-order valence-electron chi connectivity index (χ2n) is 14.9. The van der Waals surface area contributed by atoms with Gasteiger partial charge in [-0.15, -0.1) is 0 Å². The molecule has 3 aromatic heterocycles. The molecule has 9 aromatic carbocycles. The highest BCUT2D eigenvalue weighted by Gasteiger charge is 2.21. The van der Waals surface area contributed by atoms with E-state index in [2.05, 4.69) is 121 Å². The summed E-state index contributed by atoms with van der Waals surface area (Å²) in [4.78, 5) is 20.4. The number of hydrogen-bond acceptors (Lipinski definition) is 5. The van der Waals surface area contributed by atoms with Gasteiger partial charge in [0, 0.05) is 38.6 Å². The van der Waals surface area contributed by atoms with Gasteiger partial charge in [-0.3, -0.25) is 0 Å². The summed E-state index contributed by atoms with van der Waals surface area (Å²) >= 11 is 0. The molecule has 0 aliphatic rings. The summed E-state index contributed by atoms with van der Waals surface area (Å²) in [6, 6.07) is 67.4. The largest absolute Gasteiger partial charge is 0.455 e. The quantitative estimate of drug-likeness (QED) is 0.164. The van der Waals surface area contributed by atoms with Gasteiger partial charge in [0.25, 0.3) is 0 Å². The molecule has 5 heteroatoms. The van der Waals surface area contributed by atoms with Crippen molar-refractivity contribution in [1.29, 1.82) is 0 Å². The van der Waals surface area contributed by atoms with Crippen molar-refractivity contribution in [2.24, 2.45) is 0 Å². The first-order valence-electron chi connectivity index (χ1n) is 19.8. The molecule has 0 fully saturated rings. The first kappa shape index (κ1) is 33.2. The highest BCUT2D eigenvalue weighted by Crippen LogP contribution is 2.44. The molecule has 0 spiro atoms. The maximum atomic E-state index is 6.74. The van der Waals surface area contributed by atoms with Crippen LogP contribution in [-0.4, -0.2) is 19.9 Å². The van der Waals surface area contributed by atoms with Gasteiger partial charge in [0.05, 0.1) is 16.6 Å². The number of rotatable bonds is 5. The summed E-state index contributed by atoms with van der Waals surface area (Å²) in [7, 11) is 0. The molecule has 0 N–H and O–H groups in total. The van der Waals surface area contributed by atoms with Crippen molar-refractivity contribution < 1.29 is 4.42 Å². The summed E-state index contributed by atoms with van der Waals surface area (Å²) in [5.41, 5.74) is 9.31. The van der Waals surface area contributed by atoms with Crippen molar-refractivity contribution in [3.63, 3.8) is 0 Å². The average molecular weight is 753 g/mol. The minimum absolute atomic E-state index is 0.614. The summed E-state index contributed by atoms with van der Waals surface area (Å²) in [6.45, 7) is 0. The molecular weight excluding hydrogens is 721 g/mol. The lowest BCUT2D eigenvalue weighted by Gasteiger charge is -2.14. The van der Waals surface area contributed by atoms with Gasteiger partial charge in [-0.05, 0) is 56.1 Å². The van der Waals surface area contributed by atoms with Gasteiger partial charge in [0.1, 0.15) is 11.2 Å². The molecule has 59 heavy (non-hydrogen) atoms. The first-order valence-corrected chi connectivity index (χ1v) is 19.8. The minimum atomic E-state index is 0.614. The van der Waals surface area contributed by atoms with E-state index in [1.807, 2.05) is 72.8 Å². The number of hydrogen-bond donors (Lipinski definition) is 0. The molecule has 5 nitrogen and oxygen atoms in total. The van der Waals surface area contributed by atoms with Gasteiger partial charge in [-0.2, -0.15) is 0 Å². The van der Waals surface area contributed by atoms with Crippen LogP contribution in [0.25, 0.3) is 122 Å². The van der Waals surface area contributed by atoms with Crippen molar-refractivity contribution in [2.75, 3.05) is 0 Å². The minimum Gasteiger partial charge on any atom is -0.455 e. The predicted molar refractivity (Wildman–Crippen MR) is 242 cm³/mol. The molecule has 0 atom stereocenters. The van der Waals surface area contributed by atoms with E-state index in [0.29, 0.717) is 17.5 Å². The van der Waals surface area contributed by atoms with Crippen LogP contribution >= 0.6 is 0 Å². The van der Waals surface area contributed by atoms with Gasteiger partial charge >= 0.3 is 0 Å². The fraction of sp³-hybridized carbons (Fsp3) is 0. The summed E-state index contributed by atoms with van der Waals surface area (Å²) in [5, 5.41) is 10.4. The molecule has 0 saturated carbocycles. The molecule has 12 aromatic rings. The van der Waals surface area contributed by atoms with Crippen molar-refractivity contribution >= 4 is 65.2 Å². The fourth-order valence-corrected chi connectivity index (χ4v) is 8.72. The number of para-hydroxylation sites is 2. The van der Waals surface area contributed by atoms with Gasteiger partial charge in [0.15, 0.2) is 17.5 Å². The first-order chi connectivity index (χ1) is 29.2. The number of pyridine rings is 1. The Hall–Kier alpha value is -8.02.